The van der Waals surface area contributed by atoms with Crippen molar-refractivity contribution in [3.8, 4) is 0 Å². The molecule has 4 nitrogen and oxygen atoms in total. The van der Waals surface area contributed by atoms with E-state index in [1.54, 1.807) is 30.6 Å². The van der Waals surface area contributed by atoms with Crippen molar-refractivity contribution in [1.29, 1.82) is 0 Å². The third kappa shape index (κ3) is 3.86. The molecular weight excluding hydrogens is 226 g/mol. The summed E-state index contributed by atoms with van der Waals surface area (Å²) in [5, 5.41) is 0. The van der Waals surface area contributed by atoms with Crippen LogP contribution in [0, 0.1) is 0 Å². The Balaban J connectivity index is 2.92. The first-order chi connectivity index (χ1) is 7.57. The van der Waals surface area contributed by atoms with Gasteiger partial charge in [0.05, 0.1) is 5.75 Å². The molecule has 5 heteroatoms. The Morgan fingerprint density at radius 3 is 2.50 bits per heavy atom. The lowest BCUT2D eigenvalue weighted by atomic mass is 10.2. The number of nitrogens with one attached hydrogen (secondary N) is 1. The van der Waals surface area contributed by atoms with E-state index in [0.717, 1.165) is 5.56 Å². The van der Waals surface area contributed by atoms with Crippen molar-refractivity contribution in [3.63, 3.8) is 0 Å². The summed E-state index contributed by atoms with van der Waals surface area (Å²) in [7, 11) is -3.43. The lowest BCUT2D eigenvalue weighted by molar-refractivity contribution is 0.558. The van der Waals surface area contributed by atoms with E-state index in [4.69, 9.17) is 0 Å². The molecule has 1 radical (unpaired) electrons. The van der Waals surface area contributed by atoms with Crippen molar-refractivity contribution in [2.24, 2.45) is 0 Å². The Hall–Kier alpha value is -1.62. The van der Waals surface area contributed by atoms with Crippen LogP contribution < -0.4 is 4.72 Å². The molecule has 1 aromatic rings. The van der Waals surface area contributed by atoms with Crippen molar-refractivity contribution in [1.82, 2.24) is 4.72 Å². The largest absolute Gasteiger partial charge is 0.283 e. The molecule has 0 aromatic heterocycles. The zero-order valence-electron chi connectivity index (χ0n) is 8.80. The Morgan fingerprint density at radius 2 is 2.00 bits per heavy atom. The topological polar surface area (TPSA) is 63.2 Å². The van der Waals surface area contributed by atoms with Crippen LogP contribution in [-0.4, -0.2) is 20.5 Å². The number of benzene rings is 1. The zero-order valence-corrected chi connectivity index (χ0v) is 9.62. The summed E-state index contributed by atoms with van der Waals surface area (Å²) in [5.41, 5.74) is 0.646. The SMILES string of the molecule is CCS(=O)(=O)NC([C]=O)=Cc1ccccc1. The fraction of sp³-hybridized carbons (Fsp3) is 0.182. The van der Waals surface area contributed by atoms with Crippen LogP contribution >= 0.6 is 0 Å². The first-order valence-corrected chi connectivity index (χ1v) is 6.38. The fourth-order valence-corrected chi connectivity index (χ4v) is 1.62. The highest BCUT2D eigenvalue weighted by atomic mass is 32.2. The van der Waals surface area contributed by atoms with E-state index in [-0.39, 0.29) is 11.4 Å². The van der Waals surface area contributed by atoms with Gasteiger partial charge >= 0.3 is 0 Å². The number of allylic oxidation sites excluding steroid dienone is 1. The summed E-state index contributed by atoms with van der Waals surface area (Å²) in [6.45, 7) is 1.49. The summed E-state index contributed by atoms with van der Waals surface area (Å²) < 4.78 is 24.6. The normalized spacial score (nSPS) is 12.2. The van der Waals surface area contributed by atoms with Gasteiger partial charge in [-0.25, -0.2) is 8.42 Å². The summed E-state index contributed by atoms with van der Waals surface area (Å²) in [5.74, 6) is -0.0825. The fourth-order valence-electron chi connectivity index (χ4n) is 1.04. The van der Waals surface area contributed by atoms with Gasteiger partial charge in [0.15, 0.2) is 0 Å². The maximum Gasteiger partial charge on any atom is 0.251 e. The summed E-state index contributed by atoms with van der Waals surface area (Å²) in [6.07, 6.45) is 2.99. The van der Waals surface area contributed by atoms with E-state index >= 15 is 0 Å². The van der Waals surface area contributed by atoms with Crippen LogP contribution in [0.4, 0.5) is 0 Å². The van der Waals surface area contributed by atoms with E-state index < -0.39 is 10.0 Å². The standard InChI is InChI=1S/C11H12NO3S/c1-2-16(14,15)12-11(9-13)8-10-6-4-3-5-7-10/h3-8,12H,2H2,1H3. The second-order valence-corrected chi connectivity index (χ2v) is 5.09. The quantitative estimate of drug-likeness (QED) is 0.781. The summed E-state index contributed by atoms with van der Waals surface area (Å²) in [6, 6.07) is 8.94. The number of sulfonamides is 1. The molecular formula is C11H12NO3S. The van der Waals surface area contributed by atoms with Crippen LogP contribution in [0.1, 0.15) is 12.5 Å². The minimum Gasteiger partial charge on any atom is -0.283 e. The van der Waals surface area contributed by atoms with Crippen LogP contribution in [0.5, 0.6) is 0 Å². The third-order valence-electron chi connectivity index (χ3n) is 1.87. The van der Waals surface area contributed by atoms with Crippen LogP contribution in [0.25, 0.3) is 6.08 Å². The van der Waals surface area contributed by atoms with Crippen molar-refractivity contribution in [3.05, 3.63) is 41.6 Å². The molecule has 0 aliphatic carbocycles. The average molecular weight is 238 g/mol. The molecule has 0 unspecified atom stereocenters. The summed E-state index contributed by atoms with van der Waals surface area (Å²) in [4.78, 5) is 10.6. The van der Waals surface area contributed by atoms with Gasteiger partial charge in [-0.15, -0.1) is 0 Å². The molecule has 0 amide bonds. The second-order valence-electron chi connectivity index (χ2n) is 3.08. The average Bonchev–Trinajstić information content (AvgIpc) is 2.29. The van der Waals surface area contributed by atoms with Gasteiger partial charge in [-0.3, -0.25) is 9.52 Å². The molecule has 0 spiro atoms. The second kappa shape index (κ2) is 5.46. The van der Waals surface area contributed by atoms with Crippen molar-refractivity contribution < 1.29 is 13.2 Å². The highest BCUT2D eigenvalue weighted by molar-refractivity contribution is 7.89. The molecule has 1 rings (SSSR count). The van der Waals surface area contributed by atoms with Gasteiger partial charge in [0, 0.05) is 0 Å². The molecule has 0 aliphatic heterocycles. The molecule has 0 saturated carbocycles. The van der Waals surface area contributed by atoms with Gasteiger partial charge in [-0.2, -0.15) is 0 Å². The monoisotopic (exact) mass is 238 g/mol. The predicted octanol–water partition coefficient (Wildman–Crippen LogP) is 1.08. The molecule has 1 N–H and O–H groups in total. The van der Waals surface area contributed by atoms with E-state index in [2.05, 4.69) is 4.72 Å². The predicted molar refractivity (Wildman–Crippen MR) is 62.7 cm³/mol. The molecule has 0 bridgehead atoms. The maximum atomic E-state index is 11.2. The Kier molecular flexibility index (Phi) is 4.25. The molecule has 1 aromatic carbocycles. The molecule has 0 aliphatic rings. The van der Waals surface area contributed by atoms with Gasteiger partial charge < -0.3 is 0 Å². The number of hydrogen-bond donors (Lipinski definition) is 1. The Labute approximate surface area is 95.0 Å². The minimum atomic E-state index is -3.43. The van der Waals surface area contributed by atoms with Gasteiger partial charge in [-0.05, 0) is 18.6 Å². The first-order valence-electron chi connectivity index (χ1n) is 4.73. The lowest BCUT2D eigenvalue weighted by Gasteiger charge is -2.03. The lowest BCUT2D eigenvalue weighted by Crippen LogP contribution is -2.25. The highest BCUT2D eigenvalue weighted by Gasteiger charge is 2.08. The van der Waals surface area contributed by atoms with Crippen LogP contribution in [0.15, 0.2) is 36.0 Å². The molecule has 0 fully saturated rings. The van der Waals surface area contributed by atoms with Crippen molar-refractivity contribution in [2.45, 2.75) is 6.92 Å². The molecule has 0 heterocycles. The zero-order chi connectivity index (χ0) is 12.0. The molecule has 16 heavy (non-hydrogen) atoms. The van der Waals surface area contributed by atoms with Crippen LogP contribution in [0.3, 0.4) is 0 Å². The van der Waals surface area contributed by atoms with Crippen LogP contribution in [0.2, 0.25) is 0 Å². The van der Waals surface area contributed by atoms with E-state index in [1.807, 2.05) is 6.07 Å². The molecule has 0 saturated heterocycles. The van der Waals surface area contributed by atoms with Gasteiger partial charge in [0.1, 0.15) is 5.70 Å². The van der Waals surface area contributed by atoms with E-state index in [1.165, 1.54) is 13.0 Å². The van der Waals surface area contributed by atoms with E-state index in [0.29, 0.717) is 0 Å². The number of hydrogen-bond acceptors (Lipinski definition) is 3. The van der Waals surface area contributed by atoms with Crippen LogP contribution in [-0.2, 0) is 14.8 Å². The molecule has 85 valence electrons. The summed E-state index contributed by atoms with van der Waals surface area (Å²) >= 11 is 0. The van der Waals surface area contributed by atoms with Gasteiger partial charge in [-0.1, -0.05) is 30.3 Å². The highest BCUT2D eigenvalue weighted by Crippen LogP contribution is 2.04. The maximum absolute atomic E-state index is 11.2. The number of rotatable bonds is 5. The smallest absolute Gasteiger partial charge is 0.251 e. The molecule has 0 atom stereocenters. The third-order valence-corrected chi connectivity index (χ3v) is 3.16. The minimum absolute atomic E-state index is 0.0825. The van der Waals surface area contributed by atoms with E-state index in [9.17, 15) is 13.2 Å². The number of carbonyl (C=O) groups excluding carboxylic acids is 1. The van der Waals surface area contributed by atoms with Crippen molar-refractivity contribution in [2.75, 3.05) is 5.75 Å². The Bertz CT molecular complexity index is 477. The van der Waals surface area contributed by atoms with Crippen molar-refractivity contribution >= 4 is 22.4 Å². The van der Waals surface area contributed by atoms with Gasteiger partial charge in [0.25, 0.3) is 6.29 Å². The first kappa shape index (κ1) is 12.4. The Morgan fingerprint density at radius 1 is 1.38 bits per heavy atom. The van der Waals surface area contributed by atoms with Gasteiger partial charge in [0.2, 0.25) is 10.0 Å².